The average Bonchev–Trinajstić information content (AvgIpc) is 2.33. The zero-order valence-corrected chi connectivity index (χ0v) is 5.93. The number of rotatable bonds is 0. The van der Waals surface area contributed by atoms with Crippen molar-refractivity contribution in [1.82, 2.24) is 15.4 Å². The Hall–Kier alpha value is -1.03. The van der Waals surface area contributed by atoms with Crippen molar-refractivity contribution in [3.8, 4) is 0 Å². The lowest BCUT2D eigenvalue weighted by atomic mass is 10.3. The van der Waals surface area contributed by atoms with Crippen molar-refractivity contribution in [2.45, 2.75) is 0 Å². The van der Waals surface area contributed by atoms with Gasteiger partial charge in [-0.1, -0.05) is 17.3 Å². The molecule has 0 spiro atoms. The quantitative estimate of drug-likeness (QED) is 0.621. The van der Waals surface area contributed by atoms with Gasteiger partial charge < -0.3 is 0 Å². The van der Waals surface area contributed by atoms with E-state index in [9.17, 15) is 0 Å². The van der Waals surface area contributed by atoms with Gasteiger partial charge in [-0.2, -0.15) is 0 Å². The lowest BCUT2D eigenvalue weighted by molar-refractivity contribution is 0.959. The Morgan fingerprint density at radius 1 is 1.20 bits per heavy atom. The van der Waals surface area contributed by atoms with Gasteiger partial charge in [0.15, 0.2) is 0 Å². The molecule has 0 aliphatic rings. The van der Waals surface area contributed by atoms with E-state index in [2.05, 4.69) is 15.4 Å². The van der Waals surface area contributed by atoms with Crippen molar-refractivity contribution in [2.75, 3.05) is 0 Å². The Balaban J connectivity index is 0.000000500. The first-order chi connectivity index (χ1) is 4.47. The second kappa shape index (κ2) is 2.70. The topological polar surface area (TPSA) is 41.6 Å². The first kappa shape index (κ1) is 7.08. The largest absolute Gasteiger partial charge is 0.258 e. The van der Waals surface area contributed by atoms with Gasteiger partial charge in [-0.3, -0.25) is 5.10 Å². The lowest BCUT2D eigenvalue weighted by Gasteiger charge is -1.79. The maximum atomic E-state index is 3.81. The highest BCUT2D eigenvalue weighted by atomic mass is 32.1. The van der Waals surface area contributed by atoms with Crippen LogP contribution in [0.3, 0.4) is 0 Å². The Labute approximate surface area is 64.9 Å². The maximum absolute atomic E-state index is 3.81. The van der Waals surface area contributed by atoms with Gasteiger partial charge in [0, 0.05) is 13.5 Å². The third-order valence-corrected chi connectivity index (χ3v) is 1.23. The molecule has 2 aromatic rings. The molecule has 1 aromatic heterocycles. The summed E-state index contributed by atoms with van der Waals surface area (Å²) in [5.41, 5.74) is 1.90. The Morgan fingerprint density at radius 3 is 2.80 bits per heavy atom. The standard InChI is InChI=1S/C6H5N3.S/c1-2-4-6-5(3-1)7-9-8-6;/h1-4H,(H,7,8,9);. The van der Waals surface area contributed by atoms with Gasteiger partial charge in [-0.05, 0) is 12.1 Å². The summed E-state index contributed by atoms with van der Waals surface area (Å²) in [7, 11) is 0. The van der Waals surface area contributed by atoms with Crippen LogP contribution in [0.2, 0.25) is 0 Å². The molecular formula is C6H5N3S. The smallest absolute Gasteiger partial charge is 0.112 e. The predicted octanol–water partition coefficient (Wildman–Crippen LogP) is 1.61. The van der Waals surface area contributed by atoms with Crippen molar-refractivity contribution in [3.05, 3.63) is 24.3 Å². The molecule has 2 radical (unpaired) electrons. The molecule has 0 saturated heterocycles. The summed E-state index contributed by atoms with van der Waals surface area (Å²) in [4.78, 5) is 0. The molecular weight excluding hydrogens is 146 g/mol. The second-order valence-corrected chi connectivity index (χ2v) is 1.83. The van der Waals surface area contributed by atoms with Gasteiger partial charge in [0.25, 0.3) is 0 Å². The summed E-state index contributed by atoms with van der Waals surface area (Å²) in [5.74, 6) is 0. The van der Waals surface area contributed by atoms with Crippen LogP contribution in [-0.2, 0) is 0 Å². The Morgan fingerprint density at radius 2 is 2.00 bits per heavy atom. The van der Waals surface area contributed by atoms with Crippen LogP contribution in [0.15, 0.2) is 24.3 Å². The molecule has 10 heavy (non-hydrogen) atoms. The van der Waals surface area contributed by atoms with E-state index in [4.69, 9.17) is 0 Å². The molecule has 0 aliphatic carbocycles. The van der Waals surface area contributed by atoms with E-state index in [0.29, 0.717) is 0 Å². The van der Waals surface area contributed by atoms with E-state index < -0.39 is 0 Å². The van der Waals surface area contributed by atoms with Crippen LogP contribution in [0.4, 0.5) is 0 Å². The third-order valence-electron chi connectivity index (χ3n) is 1.23. The number of para-hydroxylation sites is 1. The van der Waals surface area contributed by atoms with Crippen molar-refractivity contribution in [2.24, 2.45) is 0 Å². The fraction of sp³-hybridized carbons (Fsp3) is 0. The minimum atomic E-state index is 0. The van der Waals surface area contributed by atoms with E-state index >= 15 is 0 Å². The molecule has 0 atom stereocenters. The molecule has 0 aliphatic heterocycles. The molecule has 50 valence electrons. The summed E-state index contributed by atoms with van der Waals surface area (Å²) in [6, 6.07) is 7.74. The minimum absolute atomic E-state index is 0. The number of hydrogen-bond donors (Lipinski definition) is 1. The molecule has 0 saturated carbocycles. The van der Waals surface area contributed by atoms with Crippen molar-refractivity contribution < 1.29 is 0 Å². The van der Waals surface area contributed by atoms with Crippen molar-refractivity contribution in [1.29, 1.82) is 0 Å². The Bertz CT molecular complexity index is 287. The minimum Gasteiger partial charge on any atom is -0.258 e. The fourth-order valence-corrected chi connectivity index (χ4v) is 0.788. The molecule has 2 rings (SSSR count). The van der Waals surface area contributed by atoms with Crippen LogP contribution >= 0.6 is 13.5 Å². The molecule has 0 bridgehead atoms. The molecule has 0 fully saturated rings. The van der Waals surface area contributed by atoms with Crippen molar-refractivity contribution in [3.63, 3.8) is 0 Å². The first-order valence-electron chi connectivity index (χ1n) is 2.72. The van der Waals surface area contributed by atoms with Gasteiger partial charge in [0.1, 0.15) is 5.52 Å². The molecule has 1 N–H and O–H groups in total. The normalized spacial score (nSPS) is 9.20. The number of aromatic amines is 1. The molecule has 1 aromatic carbocycles. The number of hydrogen-bond acceptors (Lipinski definition) is 2. The highest BCUT2D eigenvalue weighted by Crippen LogP contribution is 2.03. The summed E-state index contributed by atoms with van der Waals surface area (Å²) >= 11 is 0. The van der Waals surface area contributed by atoms with Crippen LogP contribution in [0.5, 0.6) is 0 Å². The van der Waals surface area contributed by atoms with Crippen molar-refractivity contribution >= 4 is 24.5 Å². The molecule has 4 heteroatoms. The Kier molecular flexibility index (Phi) is 1.91. The van der Waals surface area contributed by atoms with E-state index in [1.54, 1.807) is 0 Å². The zero-order valence-electron chi connectivity index (χ0n) is 5.11. The van der Waals surface area contributed by atoms with E-state index in [0.717, 1.165) is 11.0 Å². The SMILES string of the molecule is [S].c1ccc2[nH]nnc2c1. The zero-order chi connectivity index (χ0) is 6.10. The number of nitrogens with zero attached hydrogens (tertiary/aromatic N) is 2. The predicted molar refractivity (Wildman–Crippen MR) is 41.5 cm³/mol. The number of nitrogens with one attached hydrogen (secondary N) is 1. The third kappa shape index (κ3) is 0.974. The average molecular weight is 151 g/mol. The van der Waals surface area contributed by atoms with Gasteiger partial charge in [-0.15, -0.1) is 5.10 Å². The fourth-order valence-electron chi connectivity index (χ4n) is 0.788. The summed E-state index contributed by atoms with van der Waals surface area (Å²) in [5, 5.41) is 10.2. The van der Waals surface area contributed by atoms with Crippen LogP contribution < -0.4 is 0 Å². The second-order valence-electron chi connectivity index (χ2n) is 1.83. The number of benzene rings is 1. The van der Waals surface area contributed by atoms with Gasteiger partial charge in [0.05, 0.1) is 5.52 Å². The van der Waals surface area contributed by atoms with Crippen LogP contribution in [0.1, 0.15) is 0 Å². The highest BCUT2D eigenvalue weighted by Gasteiger charge is 1.90. The number of aromatic nitrogens is 3. The first-order valence-corrected chi connectivity index (χ1v) is 2.72. The van der Waals surface area contributed by atoms with Gasteiger partial charge >= 0.3 is 0 Å². The van der Waals surface area contributed by atoms with Gasteiger partial charge in [0.2, 0.25) is 0 Å². The summed E-state index contributed by atoms with van der Waals surface area (Å²) < 4.78 is 0. The lowest BCUT2D eigenvalue weighted by Crippen LogP contribution is -1.63. The highest BCUT2D eigenvalue weighted by molar-refractivity contribution is 7.59. The van der Waals surface area contributed by atoms with E-state index in [1.807, 2.05) is 24.3 Å². The van der Waals surface area contributed by atoms with Crippen LogP contribution in [-0.4, -0.2) is 15.4 Å². The summed E-state index contributed by atoms with van der Waals surface area (Å²) in [6.07, 6.45) is 0. The molecule has 1 heterocycles. The van der Waals surface area contributed by atoms with E-state index in [1.165, 1.54) is 0 Å². The number of fused-ring (bicyclic) bond motifs is 1. The van der Waals surface area contributed by atoms with Crippen LogP contribution in [0.25, 0.3) is 11.0 Å². The van der Waals surface area contributed by atoms with Crippen LogP contribution in [0, 0.1) is 0 Å². The monoisotopic (exact) mass is 151 g/mol. The molecule has 0 unspecified atom stereocenters. The van der Waals surface area contributed by atoms with Gasteiger partial charge in [-0.25, -0.2) is 0 Å². The maximum Gasteiger partial charge on any atom is 0.112 e. The van der Waals surface area contributed by atoms with E-state index in [-0.39, 0.29) is 13.5 Å². The molecule has 0 amide bonds. The number of H-pyrrole nitrogens is 1. The summed E-state index contributed by atoms with van der Waals surface area (Å²) in [6.45, 7) is 0. The molecule has 3 nitrogen and oxygen atoms in total.